The first kappa shape index (κ1) is 13.2. The molecule has 0 spiro atoms. The third kappa shape index (κ3) is 17.7. The zero-order chi connectivity index (χ0) is 7.82. The summed E-state index contributed by atoms with van der Waals surface area (Å²) in [7, 11) is 0. The van der Waals surface area contributed by atoms with E-state index < -0.39 is 5.97 Å². The van der Waals surface area contributed by atoms with Gasteiger partial charge >= 0.3 is 27.7 Å². The Labute approximate surface area is 86.8 Å². The summed E-state index contributed by atoms with van der Waals surface area (Å²) in [5.41, 5.74) is 0. The molecule has 3 heteroatoms. The van der Waals surface area contributed by atoms with Gasteiger partial charge in [-0.3, -0.25) is 0 Å². The number of aliphatic carboxylic acids is 1. The maximum Gasteiger partial charge on any atom is 1.00 e. The molecular formula is C8H9HgO2. The first-order valence-corrected chi connectivity index (χ1v) is 2.91. The fourth-order valence-electron chi connectivity index (χ4n) is 0.385. The molecule has 0 saturated carbocycles. The number of rotatable bonds is 0. The fourth-order valence-corrected chi connectivity index (χ4v) is 0.385. The standard InChI is InChI=1S/C6H6.C2H4O2.Hg/c1-2-4-6-5-3-1;1-2(3)4;/h1-6H;1H3,(H,3,4);/q;;+1/p-1. The Balaban J connectivity index is 0. The molecule has 0 fully saturated rings. The van der Waals surface area contributed by atoms with Gasteiger partial charge in [0.15, 0.2) is 0 Å². The van der Waals surface area contributed by atoms with E-state index in [9.17, 15) is 0 Å². The predicted molar refractivity (Wildman–Crippen MR) is 37.1 cm³/mol. The molecule has 0 N–H and O–H groups in total. The largest absolute Gasteiger partial charge is 1.00 e. The SMILES string of the molecule is CC(=O)[O-].[Hg+].c1ccccc1. The van der Waals surface area contributed by atoms with Crippen LogP contribution in [0.3, 0.4) is 0 Å². The minimum absolute atomic E-state index is 0. The number of hydrogen-bond acceptors (Lipinski definition) is 2. The summed E-state index contributed by atoms with van der Waals surface area (Å²) in [6, 6.07) is 12.0. The maximum atomic E-state index is 8.89. The van der Waals surface area contributed by atoms with E-state index in [1.54, 1.807) is 0 Å². The van der Waals surface area contributed by atoms with Gasteiger partial charge in [-0.05, 0) is 6.92 Å². The van der Waals surface area contributed by atoms with E-state index in [-0.39, 0.29) is 27.7 Å². The molecule has 0 aliphatic rings. The molecule has 0 bridgehead atoms. The van der Waals surface area contributed by atoms with Crippen molar-refractivity contribution in [1.29, 1.82) is 0 Å². The topological polar surface area (TPSA) is 40.1 Å². The third-order valence-electron chi connectivity index (χ3n) is 0.667. The average molecular weight is 338 g/mol. The first-order valence-electron chi connectivity index (χ1n) is 2.91. The summed E-state index contributed by atoms with van der Waals surface area (Å²) in [6.45, 7) is 0.972. The van der Waals surface area contributed by atoms with Crippen molar-refractivity contribution in [3.8, 4) is 0 Å². The van der Waals surface area contributed by atoms with Gasteiger partial charge in [0, 0.05) is 5.97 Å². The monoisotopic (exact) mass is 339 g/mol. The summed E-state index contributed by atoms with van der Waals surface area (Å²) in [4.78, 5) is 8.89. The van der Waals surface area contributed by atoms with Crippen LogP contribution in [-0.2, 0) is 32.5 Å². The van der Waals surface area contributed by atoms with Crippen molar-refractivity contribution >= 4 is 5.97 Å². The van der Waals surface area contributed by atoms with Gasteiger partial charge in [0.25, 0.3) is 0 Å². The summed E-state index contributed by atoms with van der Waals surface area (Å²) in [5.74, 6) is -1.08. The summed E-state index contributed by atoms with van der Waals surface area (Å²) < 4.78 is 0. The molecule has 11 heavy (non-hydrogen) atoms. The third-order valence-corrected chi connectivity index (χ3v) is 0.667. The van der Waals surface area contributed by atoms with Crippen LogP contribution in [0, 0.1) is 0 Å². The van der Waals surface area contributed by atoms with Gasteiger partial charge < -0.3 is 9.90 Å². The van der Waals surface area contributed by atoms with Gasteiger partial charge in [-0.15, -0.1) is 0 Å². The minimum Gasteiger partial charge on any atom is -0.550 e. The Morgan fingerprint density at radius 3 is 1.18 bits per heavy atom. The number of carbonyl (C=O) groups excluding carboxylic acids is 1. The van der Waals surface area contributed by atoms with E-state index in [4.69, 9.17) is 9.90 Å². The Bertz CT molecular complexity index is 144. The van der Waals surface area contributed by atoms with Gasteiger partial charge in [0.05, 0.1) is 0 Å². The van der Waals surface area contributed by atoms with Crippen LogP contribution in [0.2, 0.25) is 0 Å². The van der Waals surface area contributed by atoms with Crippen LogP contribution < -0.4 is 5.11 Å². The normalized spacial score (nSPS) is 6.64. The van der Waals surface area contributed by atoms with E-state index in [2.05, 4.69) is 0 Å². The summed E-state index contributed by atoms with van der Waals surface area (Å²) in [6.07, 6.45) is 0. The molecule has 1 aromatic carbocycles. The van der Waals surface area contributed by atoms with Crippen LogP contribution in [0.15, 0.2) is 36.4 Å². The van der Waals surface area contributed by atoms with Crippen LogP contribution in [0.1, 0.15) is 6.92 Å². The van der Waals surface area contributed by atoms with E-state index >= 15 is 0 Å². The Kier molecular flexibility index (Phi) is 11.6. The predicted octanol–water partition coefficient (Wildman–Crippen LogP) is 0.440. The molecule has 0 saturated heterocycles. The summed E-state index contributed by atoms with van der Waals surface area (Å²) >= 11 is 0. The molecule has 0 amide bonds. The zero-order valence-corrected chi connectivity index (χ0v) is 12.0. The average Bonchev–Trinajstić information content (AvgIpc) is 1.90. The second-order valence-electron chi connectivity index (χ2n) is 1.65. The van der Waals surface area contributed by atoms with E-state index in [0.29, 0.717) is 0 Å². The molecule has 1 radical (unpaired) electrons. The second kappa shape index (κ2) is 9.63. The Morgan fingerprint density at radius 1 is 1.00 bits per heavy atom. The van der Waals surface area contributed by atoms with E-state index in [1.807, 2.05) is 36.4 Å². The van der Waals surface area contributed by atoms with Gasteiger partial charge in [0.1, 0.15) is 0 Å². The number of carbonyl (C=O) groups is 1. The maximum absolute atomic E-state index is 8.89. The number of benzene rings is 1. The molecule has 0 heterocycles. The smallest absolute Gasteiger partial charge is 0.550 e. The molecule has 0 aromatic heterocycles. The molecule has 1 aromatic rings. The van der Waals surface area contributed by atoms with E-state index in [0.717, 1.165) is 6.92 Å². The van der Waals surface area contributed by atoms with Gasteiger partial charge in [-0.2, -0.15) is 0 Å². The van der Waals surface area contributed by atoms with Crippen molar-refractivity contribution in [2.75, 3.05) is 0 Å². The molecule has 0 unspecified atom stereocenters. The molecule has 2 nitrogen and oxygen atoms in total. The van der Waals surface area contributed by atoms with Crippen molar-refractivity contribution in [1.82, 2.24) is 0 Å². The molecular weight excluding hydrogens is 329 g/mol. The number of carboxylic acids is 1. The van der Waals surface area contributed by atoms with Crippen LogP contribution >= 0.6 is 0 Å². The van der Waals surface area contributed by atoms with Gasteiger partial charge in [-0.1, -0.05) is 36.4 Å². The van der Waals surface area contributed by atoms with Crippen molar-refractivity contribution < 1.29 is 37.6 Å². The summed E-state index contributed by atoms with van der Waals surface area (Å²) in [5, 5.41) is 8.89. The molecule has 0 aliphatic carbocycles. The van der Waals surface area contributed by atoms with Crippen LogP contribution in [0.25, 0.3) is 0 Å². The van der Waals surface area contributed by atoms with Crippen LogP contribution in [-0.4, -0.2) is 5.97 Å². The van der Waals surface area contributed by atoms with E-state index in [1.165, 1.54) is 0 Å². The molecule has 0 aliphatic heterocycles. The van der Waals surface area contributed by atoms with Crippen molar-refractivity contribution in [3.63, 3.8) is 0 Å². The fraction of sp³-hybridized carbons (Fsp3) is 0.125. The van der Waals surface area contributed by atoms with Gasteiger partial charge in [0.2, 0.25) is 0 Å². The molecule has 1 rings (SSSR count). The molecule has 0 atom stereocenters. The van der Waals surface area contributed by atoms with Gasteiger partial charge in [-0.25, -0.2) is 0 Å². The zero-order valence-electron chi connectivity index (χ0n) is 6.49. The minimum atomic E-state index is -1.08. The first-order chi connectivity index (χ1) is 4.73. The quantitative estimate of drug-likeness (QED) is 0.645. The number of carboxylic acid groups (broad SMARTS) is 1. The molecule has 55 valence electrons. The van der Waals surface area contributed by atoms with Crippen LogP contribution in [0.5, 0.6) is 0 Å². The van der Waals surface area contributed by atoms with Crippen molar-refractivity contribution in [2.24, 2.45) is 0 Å². The second-order valence-corrected chi connectivity index (χ2v) is 1.65. The Morgan fingerprint density at radius 2 is 1.09 bits per heavy atom. The number of hydrogen-bond donors (Lipinski definition) is 0. The van der Waals surface area contributed by atoms with Crippen molar-refractivity contribution in [2.45, 2.75) is 6.92 Å². The van der Waals surface area contributed by atoms with Crippen LogP contribution in [0.4, 0.5) is 0 Å². The van der Waals surface area contributed by atoms with Crippen molar-refractivity contribution in [3.05, 3.63) is 36.4 Å². The Hall–Kier alpha value is -0.375.